The van der Waals surface area contributed by atoms with Gasteiger partial charge in [0.15, 0.2) is 0 Å². The van der Waals surface area contributed by atoms with Gasteiger partial charge >= 0.3 is 86.6 Å². The van der Waals surface area contributed by atoms with Crippen LogP contribution in [0.15, 0.2) is 7.16 Å². The number of halogens is 3. The minimum atomic E-state index is -0.975. The topological polar surface area (TPSA) is 74.6 Å². The maximum absolute atomic E-state index is 10.5. The molecule has 0 radical (unpaired) electrons. The number of rotatable bonds is 2. The maximum atomic E-state index is 10.5. The molecule has 1 rings (SSSR count). The van der Waals surface area contributed by atoms with Gasteiger partial charge in [-0.15, -0.1) is 0 Å². The average molecular weight is 498 g/mol. The summed E-state index contributed by atoms with van der Waals surface area (Å²) in [4.78, 5) is 20.9. The van der Waals surface area contributed by atoms with Crippen molar-refractivity contribution in [3.8, 4) is 0 Å². The van der Waals surface area contributed by atoms with Crippen LogP contribution >= 0.6 is 47.7 Å². The molecule has 0 atom stereocenters. The Balaban J connectivity index is 2.95. The fourth-order valence-corrected chi connectivity index (χ4v) is 41.7. The molecule has 0 bridgehead atoms. The monoisotopic (exact) mass is 498 g/mol. The van der Waals surface area contributed by atoms with Crippen molar-refractivity contribution in [3.63, 3.8) is 0 Å². The van der Waals surface area contributed by atoms with Crippen molar-refractivity contribution in [1.29, 1.82) is 0 Å². The summed E-state index contributed by atoms with van der Waals surface area (Å²) >= 11 is -1.18. The van der Waals surface area contributed by atoms with Crippen LogP contribution in [-0.2, 0) is 9.59 Å². The second kappa shape index (κ2) is 4.20. The Morgan fingerprint density at radius 3 is 1.64 bits per heavy atom. The summed E-state index contributed by atoms with van der Waals surface area (Å²) in [5.74, 6) is -1.95. The number of carboxylic acid groups (broad SMARTS) is 2. The van der Waals surface area contributed by atoms with E-state index in [-0.39, 0.29) is 13.3 Å². The minimum absolute atomic E-state index is 0.142. The van der Waals surface area contributed by atoms with Crippen molar-refractivity contribution in [1.82, 2.24) is 0 Å². The molecule has 0 aromatic heterocycles. The second-order valence-electron chi connectivity index (χ2n) is 1.50. The number of carbonyl (C=O) groups is 2. The van der Waals surface area contributed by atoms with Crippen LogP contribution in [0.3, 0.4) is 0 Å². The van der Waals surface area contributed by atoms with Gasteiger partial charge in [-0.25, -0.2) is 0 Å². The Bertz CT molecular complexity index is 222. The molecule has 0 saturated heterocycles. The van der Waals surface area contributed by atoms with E-state index < -0.39 is 46.4 Å². The van der Waals surface area contributed by atoms with Gasteiger partial charge in [-0.1, -0.05) is 0 Å². The molecule has 11 heavy (non-hydrogen) atoms. The summed E-state index contributed by atoms with van der Waals surface area (Å²) < 4.78 is 0.625. The summed E-state index contributed by atoms with van der Waals surface area (Å²) in [6.45, 7) is 0. The molecule has 0 fully saturated rings. The zero-order valence-electron chi connectivity index (χ0n) is 4.94. The van der Waals surface area contributed by atoms with Crippen LogP contribution in [-0.4, -0.2) is 22.2 Å². The molecule has 0 spiro atoms. The predicted octanol–water partition coefficient (Wildman–Crippen LogP) is 1.32. The Morgan fingerprint density at radius 2 is 1.36 bits per heavy atom. The molecular formula is C4H5I3O4. The van der Waals surface area contributed by atoms with Crippen molar-refractivity contribution < 1.29 is 19.8 Å². The molecule has 0 amide bonds. The Morgan fingerprint density at radius 1 is 1.00 bits per heavy atom. The first-order valence-corrected chi connectivity index (χ1v) is 19.3. The fourth-order valence-electron chi connectivity index (χ4n) is 0.426. The fraction of sp³-hybridized carbons (Fsp3) is 0. The molecule has 0 saturated carbocycles. The predicted molar refractivity (Wildman–Crippen MR) is 68.5 cm³/mol. The SMILES string of the molecule is O=C(O)C1=C(C(=O)O)[IH][IH][IH]1. The number of aliphatic carboxylic acids is 2. The van der Waals surface area contributed by atoms with Gasteiger partial charge in [-0.3, -0.25) is 0 Å². The van der Waals surface area contributed by atoms with Gasteiger partial charge < -0.3 is 0 Å². The van der Waals surface area contributed by atoms with Crippen LogP contribution in [0.25, 0.3) is 0 Å². The standard InChI is InChI=1S/C4H5I3O4/c8-3(9)1-2(4(10)11)6-7-5-1/h5-7H,(H,8,9)(H,10,11). The molecule has 0 aliphatic carbocycles. The molecule has 2 N–H and O–H groups in total. The second-order valence-corrected chi connectivity index (χ2v) is 31.6. The zero-order valence-corrected chi connectivity index (χ0v) is 11.9. The third kappa shape index (κ3) is 2.40. The van der Waals surface area contributed by atoms with Crippen molar-refractivity contribution in [3.05, 3.63) is 7.16 Å². The first kappa shape index (κ1) is 9.95. The number of hydrogen-bond donors (Lipinski definition) is 2. The van der Waals surface area contributed by atoms with Crippen LogP contribution in [0.5, 0.6) is 0 Å². The van der Waals surface area contributed by atoms with E-state index in [1.165, 1.54) is 0 Å². The Labute approximate surface area is 85.3 Å². The van der Waals surface area contributed by atoms with Crippen molar-refractivity contribution in [2.75, 3.05) is 0 Å². The molecule has 1 heterocycles. The van der Waals surface area contributed by atoms with Gasteiger partial charge in [-0.2, -0.15) is 0 Å². The quantitative estimate of drug-likeness (QED) is 0.565. The summed E-state index contributed by atoms with van der Waals surface area (Å²) in [6.07, 6.45) is 0. The first-order valence-electron chi connectivity index (χ1n) is 2.35. The molecule has 4 nitrogen and oxygen atoms in total. The zero-order chi connectivity index (χ0) is 8.43. The molecule has 66 valence electrons. The van der Waals surface area contributed by atoms with E-state index in [1.807, 2.05) is 0 Å². The summed E-state index contributed by atoms with van der Waals surface area (Å²) in [5.41, 5.74) is 0. The Hall–Kier alpha value is 0.870. The van der Waals surface area contributed by atoms with Crippen molar-refractivity contribution in [2.45, 2.75) is 0 Å². The van der Waals surface area contributed by atoms with Gasteiger partial charge in [0.1, 0.15) is 0 Å². The molecule has 0 aromatic carbocycles. The van der Waals surface area contributed by atoms with E-state index in [4.69, 9.17) is 10.2 Å². The van der Waals surface area contributed by atoms with Crippen LogP contribution in [0.1, 0.15) is 0 Å². The van der Waals surface area contributed by atoms with Crippen molar-refractivity contribution >= 4 is 59.7 Å². The van der Waals surface area contributed by atoms with E-state index in [0.29, 0.717) is 7.16 Å². The Kier molecular flexibility index (Phi) is 3.80. The first-order chi connectivity index (χ1) is 5.13. The van der Waals surface area contributed by atoms with E-state index in [2.05, 4.69) is 0 Å². The molecular weight excluding hydrogens is 493 g/mol. The van der Waals surface area contributed by atoms with Crippen LogP contribution < -0.4 is 0 Å². The summed E-state index contributed by atoms with van der Waals surface area (Å²) in [7, 11) is 0. The number of hydrogen-bond acceptors (Lipinski definition) is 2. The molecule has 0 unspecified atom stereocenters. The van der Waals surface area contributed by atoms with E-state index in [9.17, 15) is 9.59 Å². The van der Waals surface area contributed by atoms with Crippen LogP contribution in [0.4, 0.5) is 0 Å². The summed E-state index contributed by atoms with van der Waals surface area (Å²) in [5, 5.41) is 17.2. The van der Waals surface area contributed by atoms with E-state index in [0.717, 1.165) is 0 Å². The third-order valence-electron chi connectivity index (χ3n) is 0.829. The third-order valence-corrected chi connectivity index (χ3v) is 32.0. The molecule has 0 aromatic rings. The van der Waals surface area contributed by atoms with Crippen molar-refractivity contribution in [2.24, 2.45) is 0 Å². The van der Waals surface area contributed by atoms with E-state index >= 15 is 0 Å². The molecule has 7 heteroatoms. The summed E-state index contributed by atoms with van der Waals surface area (Å²) in [6, 6.07) is 0. The van der Waals surface area contributed by atoms with Gasteiger partial charge in [0, 0.05) is 0 Å². The van der Waals surface area contributed by atoms with Gasteiger partial charge in [0.2, 0.25) is 0 Å². The average Bonchev–Trinajstić information content (AvgIpc) is 2.32. The van der Waals surface area contributed by atoms with Gasteiger partial charge in [-0.05, 0) is 0 Å². The van der Waals surface area contributed by atoms with Crippen LogP contribution in [0.2, 0.25) is 0 Å². The number of carboxylic acids is 2. The normalized spacial score (nSPS) is 19.3. The van der Waals surface area contributed by atoms with Gasteiger partial charge in [0.05, 0.1) is 0 Å². The molecule has 1 aliphatic rings. The van der Waals surface area contributed by atoms with E-state index in [1.54, 1.807) is 0 Å². The van der Waals surface area contributed by atoms with Gasteiger partial charge in [0.25, 0.3) is 0 Å². The molecule has 1 aliphatic heterocycles. The van der Waals surface area contributed by atoms with Crippen LogP contribution in [0, 0.1) is 0 Å².